The molecule has 0 saturated heterocycles. The molecule has 0 spiro atoms. The second kappa shape index (κ2) is 10.9. The smallest absolute Gasteiger partial charge is 0.303 e. The zero-order valence-electron chi connectivity index (χ0n) is 19.2. The van der Waals surface area contributed by atoms with Crippen molar-refractivity contribution < 1.29 is 19.4 Å². The molecule has 4 rings (SSSR count). The fourth-order valence-corrected chi connectivity index (χ4v) is 5.03. The maximum Gasteiger partial charge on any atom is 0.303 e. The molecule has 6 heteroatoms. The van der Waals surface area contributed by atoms with Crippen molar-refractivity contribution >= 4 is 39.0 Å². The number of ether oxygens (including phenoxy) is 2. The van der Waals surface area contributed by atoms with E-state index in [1.165, 1.54) is 10.1 Å². The third kappa shape index (κ3) is 5.91. The molecule has 0 radical (unpaired) electrons. The van der Waals surface area contributed by atoms with Gasteiger partial charge in [0.2, 0.25) is 0 Å². The van der Waals surface area contributed by atoms with Gasteiger partial charge in [0.1, 0.15) is 11.5 Å². The Morgan fingerprint density at radius 3 is 2.71 bits per heavy atom. The van der Waals surface area contributed by atoms with Gasteiger partial charge in [0.25, 0.3) is 0 Å². The first-order valence-corrected chi connectivity index (χ1v) is 12.5. The minimum absolute atomic E-state index is 0.0548. The summed E-state index contributed by atoms with van der Waals surface area (Å²) in [6.07, 6.45) is 1.31. The van der Waals surface area contributed by atoms with Crippen molar-refractivity contribution in [2.75, 3.05) is 6.61 Å². The molecule has 0 unspecified atom stereocenters. The van der Waals surface area contributed by atoms with Gasteiger partial charge in [-0.2, -0.15) is 0 Å². The van der Waals surface area contributed by atoms with Crippen LogP contribution in [-0.4, -0.2) is 23.8 Å². The van der Waals surface area contributed by atoms with Crippen LogP contribution in [-0.2, 0) is 11.2 Å². The number of carboxylic acids is 1. The molecule has 4 aromatic rings. The molecule has 0 amide bonds. The molecule has 1 N–H and O–H groups in total. The molecule has 3 aromatic carbocycles. The Bertz CT molecular complexity index is 1300. The molecule has 4 nitrogen and oxygen atoms in total. The van der Waals surface area contributed by atoms with E-state index >= 15 is 0 Å². The molecule has 34 heavy (non-hydrogen) atoms. The number of fused-ring (bicyclic) bond motifs is 1. The van der Waals surface area contributed by atoms with Crippen molar-refractivity contribution in [3.63, 3.8) is 0 Å². The second-order valence-electron chi connectivity index (χ2n) is 8.33. The van der Waals surface area contributed by atoms with Crippen molar-refractivity contribution in [1.29, 1.82) is 0 Å². The molecule has 0 aliphatic carbocycles. The predicted octanol–water partition coefficient (Wildman–Crippen LogP) is 7.78. The van der Waals surface area contributed by atoms with Gasteiger partial charge in [-0.1, -0.05) is 35.9 Å². The van der Waals surface area contributed by atoms with Crippen LogP contribution in [0.5, 0.6) is 11.5 Å². The number of aliphatic carboxylic acids is 1. The van der Waals surface area contributed by atoms with Gasteiger partial charge in [-0.3, -0.25) is 4.79 Å². The van der Waals surface area contributed by atoms with Gasteiger partial charge < -0.3 is 14.6 Å². The summed E-state index contributed by atoms with van der Waals surface area (Å²) in [5.41, 5.74) is 4.19. The summed E-state index contributed by atoms with van der Waals surface area (Å²) in [4.78, 5) is 10.8. The largest absolute Gasteiger partial charge is 0.493 e. The molecule has 0 fully saturated rings. The summed E-state index contributed by atoms with van der Waals surface area (Å²) in [6, 6.07) is 19.9. The van der Waals surface area contributed by atoms with E-state index in [0.29, 0.717) is 24.5 Å². The lowest BCUT2D eigenvalue weighted by Crippen LogP contribution is -2.16. The van der Waals surface area contributed by atoms with E-state index in [-0.39, 0.29) is 12.5 Å². The van der Waals surface area contributed by atoms with Gasteiger partial charge in [0, 0.05) is 39.1 Å². The van der Waals surface area contributed by atoms with Gasteiger partial charge >= 0.3 is 5.97 Å². The number of benzene rings is 3. The number of halogens is 1. The fraction of sp³-hybridized carbons (Fsp3) is 0.250. The molecule has 0 aliphatic rings. The molecule has 176 valence electrons. The van der Waals surface area contributed by atoms with Crippen LogP contribution in [0, 0.1) is 6.92 Å². The van der Waals surface area contributed by atoms with Gasteiger partial charge in [-0.15, -0.1) is 11.3 Å². The summed E-state index contributed by atoms with van der Waals surface area (Å²) in [5, 5.41) is 12.9. The lowest BCUT2D eigenvalue weighted by atomic mass is 10.0. The van der Waals surface area contributed by atoms with Crippen LogP contribution < -0.4 is 9.47 Å². The summed E-state index contributed by atoms with van der Waals surface area (Å²) < 4.78 is 13.5. The topological polar surface area (TPSA) is 55.8 Å². The number of carboxylic acid groups (broad SMARTS) is 1. The zero-order valence-corrected chi connectivity index (χ0v) is 20.8. The molecule has 1 aromatic heterocycles. The van der Waals surface area contributed by atoms with Crippen molar-refractivity contribution in [2.45, 2.75) is 39.2 Å². The number of thiophene rings is 1. The summed E-state index contributed by atoms with van der Waals surface area (Å²) in [7, 11) is 0. The van der Waals surface area contributed by atoms with E-state index in [1.54, 1.807) is 11.3 Å². The third-order valence-corrected chi connectivity index (χ3v) is 6.95. The highest BCUT2D eigenvalue weighted by atomic mass is 35.5. The number of carbonyl (C=O) groups is 1. The maximum atomic E-state index is 10.8. The Hall–Kier alpha value is -3.02. The van der Waals surface area contributed by atoms with E-state index in [0.717, 1.165) is 33.8 Å². The maximum absolute atomic E-state index is 10.8. The minimum atomic E-state index is -0.787. The highest BCUT2D eigenvalue weighted by molar-refractivity contribution is 7.17. The van der Waals surface area contributed by atoms with Crippen LogP contribution in [0.15, 0.2) is 66.0 Å². The lowest BCUT2D eigenvalue weighted by molar-refractivity contribution is -0.136. The molecule has 0 saturated carbocycles. The lowest BCUT2D eigenvalue weighted by Gasteiger charge is -2.18. The molecular formula is C28H27ClO4S. The zero-order chi connectivity index (χ0) is 24.1. The van der Waals surface area contributed by atoms with Gasteiger partial charge in [0.15, 0.2) is 0 Å². The highest BCUT2D eigenvalue weighted by Crippen LogP contribution is 2.40. The SMILES string of the molecule is Cc1cc(OCC[C@@H](C)Oc2ccc(Cl)cc2-c2csc3ccccc23)ccc1CCC(=O)O. The number of hydrogen-bond donors (Lipinski definition) is 1. The van der Waals surface area contributed by atoms with E-state index in [2.05, 4.69) is 17.5 Å². The van der Waals surface area contributed by atoms with E-state index < -0.39 is 5.97 Å². The first-order chi connectivity index (χ1) is 16.4. The molecule has 0 bridgehead atoms. The summed E-state index contributed by atoms with van der Waals surface area (Å²) >= 11 is 8.04. The number of rotatable bonds is 10. The summed E-state index contributed by atoms with van der Waals surface area (Å²) in [5.74, 6) is 0.796. The van der Waals surface area contributed by atoms with Crippen LogP contribution >= 0.6 is 22.9 Å². The van der Waals surface area contributed by atoms with E-state index in [4.69, 9.17) is 26.2 Å². The summed E-state index contributed by atoms with van der Waals surface area (Å²) in [6.45, 7) is 4.53. The third-order valence-electron chi connectivity index (χ3n) is 5.76. The Morgan fingerprint density at radius 1 is 1.09 bits per heavy atom. The molecule has 0 aliphatic heterocycles. The molecule has 1 atom stereocenters. The first kappa shape index (κ1) is 24.1. The minimum Gasteiger partial charge on any atom is -0.493 e. The van der Waals surface area contributed by atoms with Gasteiger partial charge in [-0.05, 0) is 73.2 Å². The highest BCUT2D eigenvalue weighted by Gasteiger charge is 2.15. The fourth-order valence-electron chi connectivity index (χ4n) is 3.90. The Kier molecular flexibility index (Phi) is 7.76. The number of hydrogen-bond acceptors (Lipinski definition) is 4. The van der Waals surface area contributed by atoms with Crippen molar-refractivity contribution in [3.05, 3.63) is 82.2 Å². The number of aryl methyl sites for hydroxylation is 2. The Morgan fingerprint density at radius 2 is 1.91 bits per heavy atom. The normalized spacial score (nSPS) is 12.0. The van der Waals surface area contributed by atoms with Gasteiger partial charge in [-0.25, -0.2) is 0 Å². The van der Waals surface area contributed by atoms with Gasteiger partial charge in [0.05, 0.1) is 12.7 Å². The quantitative estimate of drug-likeness (QED) is 0.244. The average molecular weight is 495 g/mol. The molecule has 1 heterocycles. The van der Waals surface area contributed by atoms with E-state index in [9.17, 15) is 4.79 Å². The first-order valence-electron chi connectivity index (χ1n) is 11.3. The molecular weight excluding hydrogens is 468 g/mol. The van der Waals surface area contributed by atoms with Crippen molar-refractivity contribution in [2.24, 2.45) is 0 Å². The van der Waals surface area contributed by atoms with Crippen LogP contribution in [0.25, 0.3) is 21.2 Å². The Labute approximate surface area is 208 Å². The van der Waals surface area contributed by atoms with Crippen LogP contribution in [0.3, 0.4) is 0 Å². The second-order valence-corrected chi connectivity index (χ2v) is 9.68. The monoisotopic (exact) mass is 494 g/mol. The van der Waals surface area contributed by atoms with Crippen LogP contribution in [0.2, 0.25) is 5.02 Å². The van der Waals surface area contributed by atoms with Crippen LogP contribution in [0.1, 0.15) is 30.9 Å². The van der Waals surface area contributed by atoms with Crippen LogP contribution in [0.4, 0.5) is 0 Å². The predicted molar refractivity (Wildman–Crippen MR) is 140 cm³/mol. The van der Waals surface area contributed by atoms with Crippen molar-refractivity contribution in [1.82, 2.24) is 0 Å². The Balaban J connectivity index is 1.39. The van der Waals surface area contributed by atoms with Crippen molar-refractivity contribution in [3.8, 4) is 22.6 Å². The van der Waals surface area contributed by atoms with E-state index in [1.807, 2.05) is 62.4 Å². The average Bonchev–Trinajstić information content (AvgIpc) is 3.23. The standard InChI is InChI=1S/C28H27ClO4S/c1-18-15-22(10-7-20(18)8-12-28(30)31)32-14-13-19(2)33-26-11-9-21(29)16-24(26)25-17-34-27-6-4-3-5-23(25)27/h3-7,9-11,15-17,19H,8,12-14H2,1-2H3,(H,30,31)/t19-/m1/s1.